The minimum atomic E-state index is -0.916. The summed E-state index contributed by atoms with van der Waals surface area (Å²) >= 11 is 3.30. The molecule has 0 spiro atoms. The fourth-order valence-electron chi connectivity index (χ4n) is 2.03. The number of nitrogens with zero attached hydrogens (tertiary/aromatic N) is 1. The van der Waals surface area contributed by atoms with Crippen molar-refractivity contribution in [3.05, 3.63) is 64.1 Å². The lowest BCUT2D eigenvalue weighted by Gasteiger charge is -2.17. The van der Waals surface area contributed by atoms with Crippen molar-refractivity contribution in [1.82, 2.24) is 0 Å². The third-order valence-electron chi connectivity index (χ3n) is 3.42. The highest BCUT2D eigenvalue weighted by molar-refractivity contribution is 9.10. The second kappa shape index (κ2) is 8.45. The molecular weight excluding hydrogens is 386 g/mol. The maximum absolute atomic E-state index is 12.3. The summed E-state index contributed by atoms with van der Waals surface area (Å²) in [7, 11) is 0. The molecular formula is C19H16BrNO4. The van der Waals surface area contributed by atoms with E-state index in [1.807, 2.05) is 6.07 Å². The first kappa shape index (κ1) is 18.7. The van der Waals surface area contributed by atoms with Crippen LogP contribution in [0.25, 0.3) is 0 Å². The van der Waals surface area contributed by atoms with Gasteiger partial charge in [-0.2, -0.15) is 5.26 Å². The predicted molar refractivity (Wildman–Crippen MR) is 95.3 cm³/mol. The summed E-state index contributed by atoms with van der Waals surface area (Å²) in [4.78, 5) is 24.4. The Morgan fingerprint density at radius 1 is 1.00 bits per heavy atom. The quantitative estimate of drug-likeness (QED) is 0.541. The van der Waals surface area contributed by atoms with E-state index in [1.165, 1.54) is 13.8 Å². The molecule has 0 unspecified atom stereocenters. The van der Waals surface area contributed by atoms with Crippen LogP contribution in [0.4, 0.5) is 0 Å². The van der Waals surface area contributed by atoms with Gasteiger partial charge in [-0.25, -0.2) is 4.79 Å². The van der Waals surface area contributed by atoms with Crippen LogP contribution in [-0.4, -0.2) is 24.0 Å². The van der Waals surface area contributed by atoms with Crippen molar-refractivity contribution < 1.29 is 19.1 Å². The van der Waals surface area contributed by atoms with E-state index in [4.69, 9.17) is 14.7 Å². The molecule has 2 rings (SSSR count). The van der Waals surface area contributed by atoms with E-state index >= 15 is 0 Å². The number of Topliss-reactive ketones (excluding diaryl/α,β-unsaturated/α-hetero) is 1. The SMILES string of the molecule is C[C@H](OC(=O)[C@@H](C)Oc1ccc(C#N)cc1)C(=O)c1ccc(Br)cc1. The van der Waals surface area contributed by atoms with Crippen molar-refractivity contribution in [2.24, 2.45) is 0 Å². The van der Waals surface area contributed by atoms with Crippen molar-refractivity contribution in [2.75, 3.05) is 0 Å². The standard InChI is InChI=1S/C19H16BrNO4/c1-12(18(22)15-5-7-16(20)8-6-15)25-19(23)13(2)24-17-9-3-14(11-21)4-10-17/h3-10,12-13H,1-2H3/t12-,13+/m0/s1. The lowest BCUT2D eigenvalue weighted by atomic mass is 10.1. The van der Waals surface area contributed by atoms with Gasteiger partial charge in [0.1, 0.15) is 5.75 Å². The zero-order chi connectivity index (χ0) is 18.4. The number of halogens is 1. The number of nitriles is 1. The minimum absolute atomic E-state index is 0.286. The van der Waals surface area contributed by atoms with Gasteiger partial charge in [0.25, 0.3) is 0 Å². The van der Waals surface area contributed by atoms with Gasteiger partial charge in [0, 0.05) is 10.0 Å². The van der Waals surface area contributed by atoms with E-state index in [-0.39, 0.29) is 5.78 Å². The Morgan fingerprint density at radius 2 is 1.60 bits per heavy atom. The van der Waals surface area contributed by atoms with Crippen molar-refractivity contribution in [3.63, 3.8) is 0 Å². The first-order chi connectivity index (χ1) is 11.9. The summed E-state index contributed by atoms with van der Waals surface area (Å²) in [5.74, 6) is -0.482. The number of benzene rings is 2. The van der Waals surface area contributed by atoms with Crippen LogP contribution in [0.2, 0.25) is 0 Å². The maximum Gasteiger partial charge on any atom is 0.347 e. The van der Waals surface area contributed by atoms with E-state index in [2.05, 4.69) is 15.9 Å². The molecule has 0 amide bonds. The van der Waals surface area contributed by atoms with Crippen LogP contribution < -0.4 is 4.74 Å². The molecule has 0 fully saturated rings. The normalized spacial score (nSPS) is 12.6. The number of ketones is 1. The van der Waals surface area contributed by atoms with Gasteiger partial charge in [-0.3, -0.25) is 4.79 Å². The molecule has 0 saturated carbocycles. The van der Waals surface area contributed by atoms with Gasteiger partial charge in [-0.1, -0.05) is 28.1 Å². The molecule has 0 aliphatic rings. The summed E-state index contributed by atoms with van der Waals surface area (Å²) in [5, 5.41) is 8.76. The van der Waals surface area contributed by atoms with Crippen LogP contribution in [0.3, 0.4) is 0 Å². The molecule has 2 atom stereocenters. The van der Waals surface area contributed by atoms with E-state index in [0.717, 1.165) is 4.47 Å². The Labute approximate surface area is 154 Å². The highest BCUT2D eigenvalue weighted by Gasteiger charge is 2.24. The molecule has 25 heavy (non-hydrogen) atoms. The average Bonchev–Trinajstić information content (AvgIpc) is 2.62. The predicted octanol–water partition coefficient (Wildman–Crippen LogP) is 3.90. The molecule has 5 nitrogen and oxygen atoms in total. The van der Waals surface area contributed by atoms with Gasteiger partial charge in [0.15, 0.2) is 12.2 Å². The van der Waals surface area contributed by atoms with Crippen molar-refractivity contribution in [1.29, 1.82) is 5.26 Å². The summed E-state index contributed by atoms with van der Waals surface area (Å²) in [6.45, 7) is 3.06. The molecule has 0 radical (unpaired) electrons. The summed E-state index contributed by atoms with van der Waals surface area (Å²) in [6.07, 6.45) is -1.80. The molecule has 0 bridgehead atoms. The lowest BCUT2D eigenvalue weighted by molar-refractivity contribution is -0.153. The average molecular weight is 402 g/mol. The Hall–Kier alpha value is -2.65. The molecule has 2 aromatic carbocycles. The highest BCUT2D eigenvalue weighted by atomic mass is 79.9. The summed E-state index contributed by atoms with van der Waals surface area (Å²) < 4.78 is 11.5. The molecule has 0 aliphatic carbocycles. The molecule has 2 aromatic rings. The first-order valence-electron chi connectivity index (χ1n) is 7.58. The second-order valence-corrected chi connectivity index (χ2v) is 6.26. The molecule has 0 aromatic heterocycles. The Morgan fingerprint density at radius 3 is 2.16 bits per heavy atom. The van der Waals surface area contributed by atoms with Crippen molar-refractivity contribution in [2.45, 2.75) is 26.1 Å². The third-order valence-corrected chi connectivity index (χ3v) is 3.95. The molecule has 0 N–H and O–H groups in total. The van der Waals surface area contributed by atoms with E-state index in [0.29, 0.717) is 16.9 Å². The van der Waals surface area contributed by atoms with Crippen LogP contribution in [0.5, 0.6) is 5.75 Å². The second-order valence-electron chi connectivity index (χ2n) is 5.35. The Kier molecular flexibility index (Phi) is 6.31. The maximum atomic E-state index is 12.3. The summed E-state index contributed by atoms with van der Waals surface area (Å²) in [6, 6.07) is 15.2. The van der Waals surface area contributed by atoms with Crippen LogP contribution in [0.15, 0.2) is 53.0 Å². The van der Waals surface area contributed by atoms with Crippen LogP contribution >= 0.6 is 15.9 Å². The van der Waals surface area contributed by atoms with Gasteiger partial charge in [0.2, 0.25) is 5.78 Å². The number of esters is 1. The monoisotopic (exact) mass is 401 g/mol. The Bertz CT molecular complexity index is 794. The number of carbonyl (C=O) groups is 2. The zero-order valence-electron chi connectivity index (χ0n) is 13.7. The number of hydrogen-bond donors (Lipinski definition) is 0. The topological polar surface area (TPSA) is 76.4 Å². The lowest BCUT2D eigenvalue weighted by Crippen LogP contribution is -2.32. The molecule has 6 heteroatoms. The summed E-state index contributed by atoms with van der Waals surface area (Å²) in [5.41, 5.74) is 0.959. The largest absolute Gasteiger partial charge is 0.479 e. The molecule has 128 valence electrons. The van der Waals surface area contributed by atoms with Gasteiger partial charge < -0.3 is 9.47 Å². The van der Waals surface area contributed by atoms with Crippen molar-refractivity contribution in [3.8, 4) is 11.8 Å². The number of rotatable bonds is 6. The molecule has 0 heterocycles. The smallest absolute Gasteiger partial charge is 0.347 e. The Balaban J connectivity index is 1.94. The fraction of sp³-hybridized carbons (Fsp3) is 0.211. The highest BCUT2D eigenvalue weighted by Crippen LogP contribution is 2.16. The number of carbonyl (C=O) groups excluding carboxylic acids is 2. The van der Waals surface area contributed by atoms with Crippen LogP contribution in [0.1, 0.15) is 29.8 Å². The molecule has 0 saturated heterocycles. The number of hydrogen-bond acceptors (Lipinski definition) is 5. The van der Waals surface area contributed by atoms with E-state index in [9.17, 15) is 9.59 Å². The first-order valence-corrected chi connectivity index (χ1v) is 8.37. The van der Waals surface area contributed by atoms with Crippen LogP contribution in [-0.2, 0) is 9.53 Å². The van der Waals surface area contributed by atoms with Gasteiger partial charge in [0.05, 0.1) is 11.6 Å². The molecule has 0 aliphatic heterocycles. The van der Waals surface area contributed by atoms with Gasteiger partial charge in [-0.15, -0.1) is 0 Å². The van der Waals surface area contributed by atoms with E-state index < -0.39 is 18.2 Å². The van der Waals surface area contributed by atoms with Crippen LogP contribution in [0, 0.1) is 11.3 Å². The zero-order valence-corrected chi connectivity index (χ0v) is 15.3. The fourth-order valence-corrected chi connectivity index (χ4v) is 2.30. The van der Waals surface area contributed by atoms with Crippen molar-refractivity contribution >= 4 is 27.7 Å². The van der Waals surface area contributed by atoms with Gasteiger partial charge >= 0.3 is 5.97 Å². The number of ether oxygens (including phenoxy) is 2. The third kappa shape index (κ3) is 5.16. The minimum Gasteiger partial charge on any atom is -0.479 e. The van der Waals surface area contributed by atoms with E-state index in [1.54, 1.807) is 48.5 Å². The van der Waals surface area contributed by atoms with Gasteiger partial charge in [-0.05, 0) is 50.2 Å².